The maximum Gasteiger partial charge on any atom is 0.0420 e. The highest BCUT2D eigenvalue weighted by Crippen LogP contribution is 2.74. The van der Waals surface area contributed by atoms with Gasteiger partial charge in [0.05, 0.1) is 0 Å². The molecule has 134 valence electrons. The second-order valence-electron chi connectivity index (χ2n) is 8.03. The molecular formula is C16H23NS7. The van der Waals surface area contributed by atoms with Gasteiger partial charge in [-0.1, -0.05) is 64.8 Å². The van der Waals surface area contributed by atoms with Crippen molar-refractivity contribution in [1.82, 2.24) is 5.32 Å². The van der Waals surface area contributed by atoms with Crippen LogP contribution >= 0.6 is 76.5 Å². The Kier molecular flexibility index (Phi) is 4.85. The summed E-state index contributed by atoms with van der Waals surface area (Å²) in [5, 5.41) is 7.73. The Morgan fingerprint density at radius 1 is 0.917 bits per heavy atom. The van der Waals surface area contributed by atoms with Crippen LogP contribution in [0, 0.1) is 23.2 Å². The number of rotatable bonds is 1. The fraction of sp³-hybridized carbons (Fsp3) is 1.00. The molecule has 1 nitrogen and oxygen atoms in total. The lowest BCUT2D eigenvalue weighted by Crippen LogP contribution is -2.60. The molecule has 1 spiro atoms. The smallest absolute Gasteiger partial charge is 0.0420 e. The lowest BCUT2D eigenvalue weighted by molar-refractivity contribution is 0.0490. The van der Waals surface area contributed by atoms with Crippen LogP contribution in [-0.4, -0.2) is 50.2 Å². The van der Waals surface area contributed by atoms with Crippen LogP contribution in [0.2, 0.25) is 0 Å². The van der Waals surface area contributed by atoms with Crippen molar-refractivity contribution in [1.29, 1.82) is 0 Å². The van der Waals surface area contributed by atoms with E-state index in [4.69, 9.17) is 0 Å². The monoisotopic (exact) mass is 453 g/mol. The standard InChI is InChI=1S/C16H23NS7/c1-2-13-16-6-20-19-4-9(15(16)24-22-13)8(11-5-18-7-17-11)3-10(16)14-12(1)21-23-14/h8-15,17H,1-7H2. The van der Waals surface area contributed by atoms with Gasteiger partial charge in [0.25, 0.3) is 0 Å². The molecule has 2 saturated carbocycles. The Morgan fingerprint density at radius 2 is 1.92 bits per heavy atom. The molecule has 0 radical (unpaired) electrons. The van der Waals surface area contributed by atoms with Crippen molar-refractivity contribution < 1.29 is 0 Å². The lowest BCUT2D eigenvalue weighted by Gasteiger charge is -2.56. The normalized spacial score (nSPS) is 59.0. The first-order chi connectivity index (χ1) is 11.9. The summed E-state index contributed by atoms with van der Waals surface area (Å²) in [6.07, 6.45) is 4.53. The number of hydrogen-bond acceptors (Lipinski definition) is 8. The Balaban J connectivity index is 1.44. The highest BCUT2D eigenvalue weighted by Gasteiger charge is 2.67. The van der Waals surface area contributed by atoms with Crippen LogP contribution < -0.4 is 5.32 Å². The number of fused-ring (bicyclic) bond motifs is 2. The van der Waals surface area contributed by atoms with Crippen molar-refractivity contribution in [3.8, 4) is 0 Å². The molecule has 8 heteroatoms. The molecule has 2 aliphatic carbocycles. The highest BCUT2D eigenvalue weighted by molar-refractivity contribution is 8.80. The Morgan fingerprint density at radius 3 is 2.75 bits per heavy atom. The molecule has 6 fully saturated rings. The van der Waals surface area contributed by atoms with Gasteiger partial charge in [-0.2, -0.15) is 0 Å². The Labute approximate surface area is 173 Å². The zero-order valence-corrected chi connectivity index (χ0v) is 19.1. The molecule has 0 aromatic rings. The molecule has 24 heavy (non-hydrogen) atoms. The van der Waals surface area contributed by atoms with E-state index in [9.17, 15) is 0 Å². The van der Waals surface area contributed by atoms with E-state index in [-0.39, 0.29) is 0 Å². The van der Waals surface area contributed by atoms with E-state index in [0.29, 0.717) is 5.41 Å². The van der Waals surface area contributed by atoms with Crippen LogP contribution in [-0.2, 0) is 0 Å². The van der Waals surface area contributed by atoms with Crippen molar-refractivity contribution in [2.75, 3.05) is 23.1 Å². The summed E-state index contributed by atoms with van der Waals surface area (Å²) in [6, 6.07) is 0.797. The Hall–Kier alpha value is 2.41. The summed E-state index contributed by atoms with van der Waals surface area (Å²) in [4.78, 5) is 0. The third kappa shape index (κ3) is 2.42. The fourth-order valence-electron chi connectivity index (χ4n) is 6.04. The summed E-state index contributed by atoms with van der Waals surface area (Å²) in [6.45, 7) is 0. The highest BCUT2D eigenvalue weighted by atomic mass is 33.1. The number of thioether (sulfide) groups is 1. The molecule has 4 heterocycles. The molecule has 4 aliphatic heterocycles. The van der Waals surface area contributed by atoms with Crippen LogP contribution in [0.25, 0.3) is 0 Å². The predicted molar refractivity (Wildman–Crippen MR) is 121 cm³/mol. The van der Waals surface area contributed by atoms with E-state index in [2.05, 4.69) is 81.8 Å². The average Bonchev–Trinajstić information content (AvgIpc) is 3.16. The molecule has 9 unspecified atom stereocenters. The summed E-state index contributed by atoms with van der Waals surface area (Å²) >= 11 is 2.13. The molecular weight excluding hydrogens is 431 g/mol. The van der Waals surface area contributed by atoms with Gasteiger partial charge in [-0.25, -0.2) is 0 Å². The third-order valence-corrected chi connectivity index (χ3v) is 18.1. The third-order valence-electron chi connectivity index (χ3n) is 7.24. The maximum absolute atomic E-state index is 3.88. The molecule has 6 aliphatic rings. The maximum atomic E-state index is 3.88. The van der Waals surface area contributed by atoms with Crippen LogP contribution in [0.5, 0.6) is 0 Å². The lowest BCUT2D eigenvalue weighted by atomic mass is 9.56. The van der Waals surface area contributed by atoms with Crippen LogP contribution in [0.15, 0.2) is 0 Å². The molecule has 6 rings (SSSR count). The fourth-order valence-corrected chi connectivity index (χ4v) is 18.7. The molecule has 4 saturated heterocycles. The van der Waals surface area contributed by atoms with Gasteiger partial charge in [0, 0.05) is 55.6 Å². The molecule has 9 atom stereocenters. The minimum absolute atomic E-state index is 0.657. The number of nitrogens with one attached hydrogen (secondary N) is 1. The number of hydrogen-bond donors (Lipinski definition) is 1. The molecule has 0 aromatic carbocycles. The van der Waals surface area contributed by atoms with Crippen LogP contribution in [0.4, 0.5) is 0 Å². The molecule has 2 bridgehead atoms. The van der Waals surface area contributed by atoms with Crippen LogP contribution in [0.1, 0.15) is 19.3 Å². The first-order valence-electron chi connectivity index (χ1n) is 9.08. The quantitative estimate of drug-likeness (QED) is 0.527. The van der Waals surface area contributed by atoms with Crippen molar-refractivity contribution in [3.63, 3.8) is 0 Å². The molecule has 0 aromatic heterocycles. The summed E-state index contributed by atoms with van der Waals surface area (Å²) in [5.41, 5.74) is 0.657. The van der Waals surface area contributed by atoms with Crippen molar-refractivity contribution in [2.24, 2.45) is 23.2 Å². The molecule has 1 N–H and O–H groups in total. The van der Waals surface area contributed by atoms with Gasteiger partial charge in [-0.3, -0.25) is 0 Å². The van der Waals surface area contributed by atoms with Crippen LogP contribution in [0.3, 0.4) is 0 Å². The van der Waals surface area contributed by atoms with E-state index in [1.807, 2.05) is 0 Å². The van der Waals surface area contributed by atoms with Gasteiger partial charge in [0.1, 0.15) is 0 Å². The summed E-state index contributed by atoms with van der Waals surface area (Å²) in [7, 11) is 13.6. The van der Waals surface area contributed by atoms with Crippen molar-refractivity contribution in [2.45, 2.75) is 46.3 Å². The molecule has 0 amide bonds. The summed E-state index contributed by atoms with van der Waals surface area (Å²) < 4.78 is 0. The predicted octanol–water partition coefficient (Wildman–Crippen LogP) is 5.34. The minimum atomic E-state index is 0.657. The van der Waals surface area contributed by atoms with E-state index < -0.39 is 0 Å². The van der Waals surface area contributed by atoms with Gasteiger partial charge in [-0.05, 0) is 37.0 Å². The SMILES string of the molecule is C1NC(C2CC3C4SSC4CCC4SSC5C2CSSCC435)CS1. The first kappa shape index (κ1) is 17.3. The minimum Gasteiger partial charge on any atom is -0.304 e. The van der Waals surface area contributed by atoms with Crippen molar-refractivity contribution >= 4 is 76.5 Å². The van der Waals surface area contributed by atoms with E-state index >= 15 is 0 Å². The average molecular weight is 454 g/mol. The van der Waals surface area contributed by atoms with E-state index in [1.54, 1.807) is 0 Å². The van der Waals surface area contributed by atoms with Gasteiger partial charge in [-0.15, -0.1) is 11.8 Å². The zero-order chi connectivity index (χ0) is 15.7. The Bertz CT molecular complexity index is 515. The van der Waals surface area contributed by atoms with E-state index in [0.717, 1.165) is 44.8 Å². The first-order valence-corrected chi connectivity index (χ1v) is 17.3. The summed E-state index contributed by atoms with van der Waals surface area (Å²) in [5.74, 6) is 8.30. The van der Waals surface area contributed by atoms with Gasteiger partial charge in [0.2, 0.25) is 0 Å². The largest absolute Gasteiger partial charge is 0.304 e. The zero-order valence-electron chi connectivity index (χ0n) is 13.4. The second kappa shape index (κ2) is 6.74. The van der Waals surface area contributed by atoms with Gasteiger partial charge in [0.15, 0.2) is 0 Å². The topological polar surface area (TPSA) is 12.0 Å². The van der Waals surface area contributed by atoms with Gasteiger partial charge >= 0.3 is 0 Å². The van der Waals surface area contributed by atoms with E-state index in [1.165, 1.54) is 42.4 Å². The second-order valence-corrected chi connectivity index (χ2v) is 16.9. The van der Waals surface area contributed by atoms with Crippen molar-refractivity contribution in [3.05, 3.63) is 0 Å². The van der Waals surface area contributed by atoms with Gasteiger partial charge < -0.3 is 5.32 Å².